The number of aromatic amines is 1. The van der Waals surface area contributed by atoms with Crippen LogP contribution in [0.5, 0.6) is 0 Å². The molecule has 18 heavy (non-hydrogen) atoms. The maximum absolute atomic E-state index is 4.59. The van der Waals surface area contributed by atoms with E-state index in [-0.39, 0.29) is 0 Å². The van der Waals surface area contributed by atoms with Gasteiger partial charge in [-0.15, -0.1) is 0 Å². The van der Waals surface area contributed by atoms with Gasteiger partial charge in [-0.2, -0.15) is 15.1 Å². The summed E-state index contributed by atoms with van der Waals surface area (Å²) in [5, 5.41) is 11.0. The minimum absolute atomic E-state index is 0.633. The number of hydrogen-bond donors (Lipinski definition) is 2. The van der Waals surface area contributed by atoms with Gasteiger partial charge < -0.3 is 10.2 Å². The molecule has 2 aromatic heterocycles. The van der Waals surface area contributed by atoms with Crippen molar-refractivity contribution in [2.75, 3.05) is 30.4 Å². The van der Waals surface area contributed by atoms with Gasteiger partial charge >= 0.3 is 0 Å². The fourth-order valence-electron chi connectivity index (χ4n) is 2.48. The van der Waals surface area contributed by atoms with Crippen LogP contribution in [0.3, 0.4) is 0 Å². The van der Waals surface area contributed by atoms with Crippen LogP contribution in [0.15, 0.2) is 6.20 Å². The van der Waals surface area contributed by atoms with Crippen LogP contribution in [0.25, 0.3) is 11.0 Å². The first-order valence-electron chi connectivity index (χ1n) is 6.33. The number of hydrogen-bond acceptors (Lipinski definition) is 5. The van der Waals surface area contributed by atoms with Gasteiger partial charge in [-0.1, -0.05) is 13.8 Å². The molecule has 0 aliphatic carbocycles. The van der Waals surface area contributed by atoms with Gasteiger partial charge in [0.1, 0.15) is 5.82 Å². The summed E-state index contributed by atoms with van der Waals surface area (Å²) in [7, 11) is 1.83. The summed E-state index contributed by atoms with van der Waals surface area (Å²) in [5.41, 5.74) is 0.788. The molecule has 1 saturated heterocycles. The summed E-state index contributed by atoms with van der Waals surface area (Å²) in [6, 6.07) is 0. The molecule has 0 bridgehead atoms. The van der Waals surface area contributed by atoms with Gasteiger partial charge in [-0.25, -0.2) is 0 Å². The summed E-state index contributed by atoms with van der Waals surface area (Å²) in [5.74, 6) is 3.00. The lowest BCUT2D eigenvalue weighted by atomic mass is 10.0. The Bertz CT molecular complexity index is 553. The molecule has 3 heterocycles. The molecular weight excluding hydrogens is 228 g/mol. The molecule has 6 heteroatoms. The van der Waals surface area contributed by atoms with Crippen molar-refractivity contribution in [3.63, 3.8) is 0 Å². The summed E-state index contributed by atoms with van der Waals surface area (Å²) in [4.78, 5) is 11.3. The zero-order valence-electron chi connectivity index (χ0n) is 10.9. The van der Waals surface area contributed by atoms with E-state index in [1.807, 2.05) is 7.05 Å². The molecule has 2 unspecified atom stereocenters. The van der Waals surface area contributed by atoms with Crippen molar-refractivity contribution in [3.8, 4) is 0 Å². The monoisotopic (exact) mass is 246 g/mol. The third-order valence-corrected chi connectivity index (χ3v) is 3.80. The number of nitrogens with zero attached hydrogens (tertiary/aromatic N) is 4. The summed E-state index contributed by atoms with van der Waals surface area (Å²) < 4.78 is 0. The number of H-pyrrole nitrogens is 1. The molecule has 0 amide bonds. The fraction of sp³-hybridized carbons (Fsp3) is 0.583. The lowest BCUT2D eigenvalue weighted by Gasteiger charge is -2.18. The second-order valence-electron chi connectivity index (χ2n) is 5.11. The first-order chi connectivity index (χ1) is 8.69. The van der Waals surface area contributed by atoms with Gasteiger partial charge in [0.25, 0.3) is 0 Å². The highest BCUT2D eigenvalue weighted by Gasteiger charge is 2.28. The van der Waals surface area contributed by atoms with E-state index in [4.69, 9.17) is 0 Å². The van der Waals surface area contributed by atoms with Gasteiger partial charge in [0.15, 0.2) is 5.65 Å². The Balaban J connectivity index is 2.07. The normalized spacial score (nSPS) is 23.8. The number of aromatic nitrogens is 4. The van der Waals surface area contributed by atoms with Crippen LogP contribution in [-0.4, -0.2) is 40.3 Å². The predicted octanol–water partition coefficient (Wildman–Crippen LogP) is 1.49. The third kappa shape index (κ3) is 1.68. The molecule has 2 aromatic rings. The summed E-state index contributed by atoms with van der Waals surface area (Å²) in [6.07, 6.45) is 1.80. The van der Waals surface area contributed by atoms with Gasteiger partial charge in [-0.3, -0.25) is 5.10 Å². The average molecular weight is 246 g/mol. The van der Waals surface area contributed by atoms with Crippen molar-refractivity contribution >= 4 is 22.8 Å². The molecule has 3 rings (SSSR count). The summed E-state index contributed by atoms with van der Waals surface area (Å²) >= 11 is 0. The van der Waals surface area contributed by atoms with Crippen molar-refractivity contribution in [3.05, 3.63) is 6.20 Å². The minimum atomic E-state index is 0.633. The Morgan fingerprint density at radius 1 is 1.28 bits per heavy atom. The standard InChI is InChI=1S/C12H18N6/c1-7-5-18(6-8(7)2)11-9-4-14-17-10(9)15-12(13-3)16-11/h4,7-8H,5-6H2,1-3H3,(H2,13,14,15,16,17). The number of anilines is 2. The third-order valence-electron chi connectivity index (χ3n) is 3.80. The molecule has 1 aliphatic rings. The van der Waals surface area contributed by atoms with Crippen LogP contribution in [0, 0.1) is 11.8 Å². The van der Waals surface area contributed by atoms with Crippen LogP contribution in [0.1, 0.15) is 13.8 Å². The second kappa shape index (κ2) is 4.12. The van der Waals surface area contributed by atoms with E-state index in [0.717, 1.165) is 29.9 Å². The van der Waals surface area contributed by atoms with Gasteiger partial charge in [0.05, 0.1) is 11.6 Å². The van der Waals surface area contributed by atoms with E-state index >= 15 is 0 Å². The van der Waals surface area contributed by atoms with E-state index in [2.05, 4.69) is 44.2 Å². The Morgan fingerprint density at radius 2 is 2.00 bits per heavy atom. The van der Waals surface area contributed by atoms with Crippen molar-refractivity contribution < 1.29 is 0 Å². The minimum Gasteiger partial charge on any atom is -0.357 e. The molecule has 0 aromatic carbocycles. The van der Waals surface area contributed by atoms with Gasteiger partial charge in [0.2, 0.25) is 5.95 Å². The topological polar surface area (TPSA) is 69.7 Å². The molecule has 2 N–H and O–H groups in total. The lowest BCUT2D eigenvalue weighted by molar-refractivity contribution is 0.494. The van der Waals surface area contributed by atoms with E-state index < -0.39 is 0 Å². The largest absolute Gasteiger partial charge is 0.357 e. The SMILES string of the molecule is CNc1nc(N2CC(C)C(C)C2)c2cn[nH]c2n1. The second-order valence-corrected chi connectivity index (χ2v) is 5.11. The summed E-state index contributed by atoms with van der Waals surface area (Å²) in [6.45, 7) is 6.66. The number of nitrogens with one attached hydrogen (secondary N) is 2. The molecule has 1 aliphatic heterocycles. The van der Waals surface area contributed by atoms with E-state index in [1.54, 1.807) is 6.20 Å². The van der Waals surface area contributed by atoms with Gasteiger partial charge in [0, 0.05) is 20.1 Å². The molecular formula is C12H18N6. The first kappa shape index (κ1) is 11.3. The molecule has 0 saturated carbocycles. The highest BCUT2D eigenvalue weighted by atomic mass is 15.3. The number of fused-ring (bicyclic) bond motifs is 1. The lowest BCUT2D eigenvalue weighted by Crippen LogP contribution is -2.21. The molecule has 0 spiro atoms. The predicted molar refractivity (Wildman–Crippen MR) is 71.8 cm³/mol. The zero-order chi connectivity index (χ0) is 12.7. The maximum atomic E-state index is 4.59. The fourth-order valence-corrected chi connectivity index (χ4v) is 2.48. The molecule has 6 nitrogen and oxygen atoms in total. The molecule has 2 atom stereocenters. The van der Waals surface area contributed by atoms with Crippen LogP contribution in [-0.2, 0) is 0 Å². The van der Waals surface area contributed by atoms with Crippen molar-refractivity contribution in [1.29, 1.82) is 0 Å². The van der Waals surface area contributed by atoms with E-state index in [0.29, 0.717) is 17.8 Å². The Hall–Kier alpha value is -1.85. The van der Waals surface area contributed by atoms with Crippen molar-refractivity contribution in [2.24, 2.45) is 11.8 Å². The molecule has 0 radical (unpaired) electrons. The quantitative estimate of drug-likeness (QED) is 0.840. The van der Waals surface area contributed by atoms with Gasteiger partial charge in [-0.05, 0) is 11.8 Å². The molecule has 96 valence electrons. The first-order valence-corrected chi connectivity index (χ1v) is 6.33. The Kier molecular flexibility index (Phi) is 2.57. The zero-order valence-corrected chi connectivity index (χ0v) is 10.9. The van der Waals surface area contributed by atoms with Crippen LogP contribution >= 0.6 is 0 Å². The highest BCUT2D eigenvalue weighted by molar-refractivity contribution is 5.87. The Labute approximate surface area is 106 Å². The highest BCUT2D eigenvalue weighted by Crippen LogP contribution is 2.31. The smallest absolute Gasteiger partial charge is 0.226 e. The van der Waals surface area contributed by atoms with Crippen LogP contribution in [0.2, 0.25) is 0 Å². The van der Waals surface area contributed by atoms with E-state index in [9.17, 15) is 0 Å². The molecule has 1 fully saturated rings. The maximum Gasteiger partial charge on any atom is 0.226 e. The van der Waals surface area contributed by atoms with Crippen molar-refractivity contribution in [2.45, 2.75) is 13.8 Å². The Morgan fingerprint density at radius 3 is 2.67 bits per heavy atom. The van der Waals surface area contributed by atoms with Crippen molar-refractivity contribution in [1.82, 2.24) is 20.2 Å². The van der Waals surface area contributed by atoms with Crippen LogP contribution in [0.4, 0.5) is 11.8 Å². The average Bonchev–Trinajstić information content (AvgIpc) is 2.95. The van der Waals surface area contributed by atoms with E-state index in [1.165, 1.54) is 0 Å². The number of rotatable bonds is 2. The van der Waals surface area contributed by atoms with Crippen LogP contribution < -0.4 is 10.2 Å².